The van der Waals surface area contributed by atoms with Crippen molar-refractivity contribution in [3.63, 3.8) is 0 Å². The number of carbonyl (C=O) groups is 1. The molecule has 0 atom stereocenters. The third-order valence-electron chi connectivity index (χ3n) is 4.50. The van der Waals surface area contributed by atoms with E-state index >= 15 is 0 Å². The van der Waals surface area contributed by atoms with E-state index in [9.17, 15) is 10.1 Å². The SMILES string of the molecule is CCOC(=O)c1c2c(C#N)sc(SCc3ccccc3)c2n2ccc(C)cc12. The third-order valence-corrected chi connectivity index (χ3v) is 6.92. The summed E-state index contributed by atoms with van der Waals surface area (Å²) in [5.41, 5.74) is 4.46. The Morgan fingerprint density at radius 1 is 1.29 bits per heavy atom. The zero-order valence-corrected chi connectivity index (χ0v) is 17.2. The summed E-state index contributed by atoms with van der Waals surface area (Å²) in [7, 11) is 0. The summed E-state index contributed by atoms with van der Waals surface area (Å²) in [6, 6.07) is 16.5. The van der Waals surface area contributed by atoms with Crippen molar-refractivity contribution in [3.8, 4) is 6.07 Å². The highest BCUT2D eigenvalue weighted by atomic mass is 32.2. The average Bonchev–Trinajstić information content (AvgIpc) is 3.22. The molecule has 6 heteroatoms. The largest absolute Gasteiger partial charge is 0.462 e. The van der Waals surface area contributed by atoms with E-state index in [2.05, 4.69) is 18.2 Å². The molecule has 0 spiro atoms. The molecule has 3 aromatic heterocycles. The lowest BCUT2D eigenvalue weighted by molar-refractivity contribution is 0.0531. The number of esters is 1. The Morgan fingerprint density at radius 3 is 2.79 bits per heavy atom. The van der Waals surface area contributed by atoms with Crippen molar-refractivity contribution in [1.29, 1.82) is 5.26 Å². The van der Waals surface area contributed by atoms with Crippen molar-refractivity contribution in [2.75, 3.05) is 6.61 Å². The Balaban J connectivity index is 1.93. The lowest BCUT2D eigenvalue weighted by atomic mass is 10.1. The van der Waals surface area contributed by atoms with Crippen LogP contribution >= 0.6 is 23.1 Å². The van der Waals surface area contributed by atoms with Crippen LogP contribution in [0.3, 0.4) is 0 Å². The lowest BCUT2D eigenvalue weighted by Gasteiger charge is -2.04. The number of ether oxygens (including phenoxy) is 1. The van der Waals surface area contributed by atoms with Crippen molar-refractivity contribution >= 4 is 45.5 Å². The molecule has 0 aliphatic heterocycles. The maximum Gasteiger partial charge on any atom is 0.341 e. The number of aromatic nitrogens is 1. The van der Waals surface area contributed by atoms with Crippen LogP contribution in [0.2, 0.25) is 0 Å². The number of aryl methyl sites for hydroxylation is 1. The normalized spacial score (nSPS) is 11.0. The highest BCUT2D eigenvalue weighted by molar-refractivity contribution is 8.00. The summed E-state index contributed by atoms with van der Waals surface area (Å²) < 4.78 is 8.36. The first-order valence-electron chi connectivity index (χ1n) is 8.95. The van der Waals surface area contributed by atoms with E-state index in [4.69, 9.17) is 4.74 Å². The van der Waals surface area contributed by atoms with Crippen molar-refractivity contribution in [1.82, 2.24) is 4.40 Å². The van der Waals surface area contributed by atoms with Crippen molar-refractivity contribution in [3.05, 3.63) is 70.2 Å². The third kappa shape index (κ3) is 3.17. The number of hydrogen-bond donors (Lipinski definition) is 0. The molecule has 0 bridgehead atoms. The molecule has 0 saturated heterocycles. The van der Waals surface area contributed by atoms with E-state index in [0.29, 0.717) is 22.4 Å². The molecule has 0 radical (unpaired) electrons. The number of benzene rings is 1. The molecule has 0 amide bonds. The highest BCUT2D eigenvalue weighted by Gasteiger charge is 2.26. The van der Waals surface area contributed by atoms with Gasteiger partial charge in [0.25, 0.3) is 0 Å². The van der Waals surface area contributed by atoms with Gasteiger partial charge in [0.1, 0.15) is 10.9 Å². The molecule has 0 aliphatic carbocycles. The van der Waals surface area contributed by atoms with Crippen LogP contribution in [0.1, 0.15) is 33.3 Å². The van der Waals surface area contributed by atoms with Crippen molar-refractivity contribution in [2.24, 2.45) is 0 Å². The molecule has 0 aliphatic rings. The lowest BCUT2D eigenvalue weighted by Crippen LogP contribution is -2.05. The van der Waals surface area contributed by atoms with Gasteiger partial charge in [0.2, 0.25) is 0 Å². The number of pyridine rings is 1. The first-order chi connectivity index (χ1) is 13.6. The summed E-state index contributed by atoms with van der Waals surface area (Å²) in [6.07, 6.45) is 1.97. The molecule has 0 saturated carbocycles. The summed E-state index contributed by atoms with van der Waals surface area (Å²) in [5.74, 6) is 0.421. The zero-order chi connectivity index (χ0) is 19.7. The van der Waals surface area contributed by atoms with Gasteiger partial charge in [0.15, 0.2) is 0 Å². The van der Waals surface area contributed by atoms with Gasteiger partial charge in [-0.25, -0.2) is 4.79 Å². The topological polar surface area (TPSA) is 54.5 Å². The van der Waals surface area contributed by atoms with Gasteiger partial charge in [0, 0.05) is 17.3 Å². The second kappa shape index (κ2) is 7.70. The number of nitrogens with zero attached hydrogens (tertiary/aromatic N) is 2. The van der Waals surface area contributed by atoms with E-state index in [1.165, 1.54) is 16.9 Å². The monoisotopic (exact) mass is 406 g/mol. The molecule has 0 N–H and O–H groups in total. The number of nitriles is 1. The molecule has 0 unspecified atom stereocenters. The van der Waals surface area contributed by atoms with E-state index in [-0.39, 0.29) is 5.97 Å². The van der Waals surface area contributed by atoms with Gasteiger partial charge in [-0.2, -0.15) is 5.26 Å². The van der Waals surface area contributed by atoms with Crippen molar-refractivity contribution in [2.45, 2.75) is 23.8 Å². The van der Waals surface area contributed by atoms with Gasteiger partial charge in [0.05, 0.1) is 27.4 Å². The number of thioether (sulfide) groups is 1. The second-order valence-corrected chi connectivity index (χ2v) is 8.65. The first kappa shape index (κ1) is 18.6. The van der Waals surface area contributed by atoms with Gasteiger partial charge in [-0.1, -0.05) is 30.3 Å². The molecular formula is C22H18N2O2S2. The van der Waals surface area contributed by atoms with Crippen LogP contribution in [0.15, 0.2) is 52.9 Å². The van der Waals surface area contributed by atoms with Crippen LogP contribution < -0.4 is 0 Å². The highest BCUT2D eigenvalue weighted by Crippen LogP contribution is 2.43. The predicted octanol–water partition coefficient (Wildman–Crippen LogP) is 5.80. The van der Waals surface area contributed by atoms with E-state index in [0.717, 1.165) is 26.6 Å². The molecular weight excluding hydrogens is 388 g/mol. The number of carbonyl (C=O) groups excluding carboxylic acids is 1. The number of rotatable bonds is 5. The quantitative estimate of drug-likeness (QED) is 0.310. The Labute approximate surface area is 171 Å². The zero-order valence-electron chi connectivity index (χ0n) is 15.6. The van der Waals surface area contributed by atoms with Gasteiger partial charge >= 0.3 is 5.97 Å². The molecule has 4 aromatic rings. The fourth-order valence-electron chi connectivity index (χ4n) is 3.28. The van der Waals surface area contributed by atoms with E-state index in [1.54, 1.807) is 18.7 Å². The summed E-state index contributed by atoms with van der Waals surface area (Å²) in [5, 5.41) is 10.4. The fourth-order valence-corrected chi connectivity index (χ4v) is 5.60. The molecule has 1 aromatic carbocycles. The first-order valence-corrected chi connectivity index (χ1v) is 10.7. The molecule has 28 heavy (non-hydrogen) atoms. The fraction of sp³-hybridized carbons (Fsp3) is 0.182. The van der Waals surface area contributed by atoms with Crippen LogP contribution in [-0.4, -0.2) is 17.0 Å². The maximum absolute atomic E-state index is 12.8. The van der Waals surface area contributed by atoms with Crippen LogP contribution in [0.5, 0.6) is 0 Å². The van der Waals surface area contributed by atoms with Crippen molar-refractivity contribution < 1.29 is 9.53 Å². The Bertz CT molecular complexity index is 1220. The number of thiophene rings is 1. The Kier molecular flexibility index (Phi) is 5.12. The average molecular weight is 407 g/mol. The molecule has 3 heterocycles. The summed E-state index contributed by atoms with van der Waals surface area (Å²) >= 11 is 3.13. The smallest absolute Gasteiger partial charge is 0.341 e. The van der Waals surface area contributed by atoms with Crippen LogP contribution in [0.25, 0.3) is 16.4 Å². The van der Waals surface area contributed by atoms with Crippen LogP contribution in [-0.2, 0) is 10.5 Å². The van der Waals surface area contributed by atoms with Crippen LogP contribution in [0, 0.1) is 18.3 Å². The van der Waals surface area contributed by atoms with Gasteiger partial charge in [-0.15, -0.1) is 23.1 Å². The summed E-state index contributed by atoms with van der Waals surface area (Å²) in [6.45, 7) is 4.08. The Morgan fingerprint density at radius 2 is 2.07 bits per heavy atom. The molecule has 4 rings (SSSR count). The standard InChI is InChI=1S/C22H18N2O2S2/c1-3-26-21(25)18-16-11-14(2)9-10-24(16)20-19(18)17(12-23)28-22(20)27-13-15-7-5-4-6-8-15/h4-11H,3,13H2,1-2H3. The summed E-state index contributed by atoms with van der Waals surface area (Å²) in [4.78, 5) is 13.3. The minimum atomic E-state index is -0.380. The van der Waals surface area contributed by atoms with E-state index in [1.807, 2.05) is 47.9 Å². The molecule has 4 nitrogen and oxygen atoms in total. The predicted molar refractivity (Wildman–Crippen MR) is 114 cm³/mol. The number of hydrogen-bond acceptors (Lipinski definition) is 5. The molecule has 140 valence electrons. The minimum absolute atomic E-state index is 0.297. The number of fused-ring (bicyclic) bond motifs is 3. The second-order valence-electron chi connectivity index (χ2n) is 6.38. The van der Waals surface area contributed by atoms with Gasteiger partial charge < -0.3 is 9.14 Å². The molecule has 0 fully saturated rings. The van der Waals surface area contributed by atoms with Crippen LogP contribution in [0.4, 0.5) is 0 Å². The minimum Gasteiger partial charge on any atom is -0.462 e. The Hall–Kier alpha value is -2.75. The maximum atomic E-state index is 12.8. The van der Waals surface area contributed by atoms with Gasteiger partial charge in [-0.3, -0.25) is 0 Å². The van der Waals surface area contributed by atoms with Gasteiger partial charge in [-0.05, 0) is 37.1 Å². The van der Waals surface area contributed by atoms with E-state index < -0.39 is 0 Å².